The Kier molecular flexibility index (Phi) is 7.02. The van der Waals surface area contributed by atoms with Gasteiger partial charge in [-0.15, -0.1) is 0 Å². The quantitative estimate of drug-likeness (QED) is 0.239. The number of amides is 1. The summed E-state index contributed by atoms with van der Waals surface area (Å²) < 4.78 is 10.9. The fourth-order valence-corrected chi connectivity index (χ4v) is 2.70. The SMILES string of the molecule is CC(C)(C)OC(=O)N1CCN(CCOc2cccc(N=[N+]=[N-])c2[N+](=O)[O-])CC1. The first-order valence-corrected chi connectivity index (χ1v) is 8.87. The summed E-state index contributed by atoms with van der Waals surface area (Å²) in [5.41, 5.74) is 7.57. The molecule has 11 nitrogen and oxygen atoms in total. The Morgan fingerprint density at radius 3 is 2.57 bits per heavy atom. The van der Waals surface area contributed by atoms with Gasteiger partial charge in [-0.3, -0.25) is 15.0 Å². The molecule has 1 aromatic rings. The number of hydrogen-bond acceptors (Lipinski definition) is 7. The van der Waals surface area contributed by atoms with Crippen LogP contribution in [0.4, 0.5) is 16.2 Å². The Morgan fingerprint density at radius 2 is 2.00 bits per heavy atom. The van der Waals surface area contributed by atoms with E-state index in [4.69, 9.17) is 15.0 Å². The van der Waals surface area contributed by atoms with Crippen LogP contribution in [0.1, 0.15) is 20.8 Å². The summed E-state index contributed by atoms with van der Waals surface area (Å²) in [5, 5.41) is 14.6. The maximum Gasteiger partial charge on any atom is 0.410 e. The van der Waals surface area contributed by atoms with Gasteiger partial charge in [-0.05, 0) is 38.4 Å². The normalized spacial score (nSPS) is 14.9. The van der Waals surface area contributed by atoms with Crippen LogP contribution < -0.4 is 4.74 Å². The Balaban J connectivity index is 1.86. The van der Waals surface area contributed by atoms with E-state index in [9.17, 15) is 14.9 Å². The van der Waals surface area contributed by atoms with E-state index in [2.05, 4.69) is 14.9 Å². The second-order valence-electron chi connectivity index (χ2n) is 7.23. The Bertz CT molecular complexity index is 764. The number of benzene rings is 1. The van der Waals surface area contributed by atoms with Gasteiger partial charge in [0.1, 0.15) is 17.9 Å². The van der Waals surface area contributed by atoms with Gasteiger partial charge in [0.25, 0.3) is 0 Å². The van der Waals surface area contributed by atoms with Gasteiger partial charge in [-0.25, -0.2) is 4.79 Å². The number of carbonyl (C=O) groups is 1. The van der Waals surface area contributed by atoms with Crippen LogP contribution in [0.2, 0.25) is 0 Å². The molecule has 1 fully saturated rings. The molecule has 1 amide bonds. The number of nitro benzene ring substituents is 1. The fraction of sp³-hybridized carbons (Fsp3) is 0.588. The highest BCUT2D eigenvalue weighted by Gasteiger charge is 2.26. The minimum Gasteiger partial charge on any atom is -0.485 e. The van der Waals surface area contributed by atoms with Crippen LogP contribution in [-0.4, -0.2) is 65.7 Å². The number of hydrogen-bond donors (Lipinski definition) is 0. The minimum atomic E-state index is -0.626. The van der Waals surface area contributed by atoms with Crippen LogP contribution in [0.5, 0.6) is 5.75 Å². The third-order valence-electron chi connectivity index (χ3n) is 4.00. The summed E-state index contributed by atoms with van der Waals surface area (Å²) in [7, 11) is 0. The van der Waals surface area contributed by atoms with Gasteiger partial charge in [-0.1, -0.05) is 11.2 Å². The molecule has 0 atom stereocenters. The first-order valence-electron chi connectivity index (χ1n) is 8.87. The molecule has 0 aliphatic carbocycles. The molecule has 11 heteroatoms. The largest absolute Gasteiger partial charge is 0.485 e. The molecule has 2 rings (SSSR count). The Hall–Kier alpha value is -3.04. The standard InChI is InChI=1S/C17H24N6O5/c1-17(2,3)28-16(24)22-9-7-21(8-10-22)11-12-27-14-6-4-5-13(19-20-18)15(14)23(25)26/h4-6H,7-12H2,1-3H3. The molecule has 1 aliphatic rings. The second-order valence-corrected chi connectivity index (χ2v) is 7.23. The molecule has 1 heterocycles. The summed E-state index contributed by atoms with van der Waals surface area (Å²) in [6.45, 7) is 8.66. The zero-order valence-electron chi connectivity index (χ0n) is 16.2. The molecular weight excluding hydrogens is 368 g/mol. The van der Waals surface area contributed by atoms with Crippen molar-refractivity contribution >= 4 is 17.5 Å². The van der Waals surface area contributed by atoms with Crippen molar-refractivity contribution in [3.63, 3.8) is 0 Å². The van der Waals surface area contributed by atoms with Gasteiger partial charge in [0.05, 0.1) is 4.92 Å². The third kappa shape index (κ3) is 6.00. The van der Waals surface area contributed by atoms with E-state index in [1.165, 1.54) is 18.2 Å². The first-order chi connectivity index (χ1) is 13.2. The zero-order valence-corrected chi connectivity index (χ0v) is 16.2. The summed E-state index contributed by atoms with van der Waals surface area (Å²) in [5.74, 6) is 0.0577. The lowest BCUT2D eigenvalue weighted by Crippen LogP contribution is -2.50. The average Bonchev–Trinajstić information content (AvgIpc) is 2.61. The predicted octanol–water partition coefficient (Wildman–Crippen LogP) is 3.47. The molecule has 1 saturated heterocycles. The van der Waals surface area contributed by atoms with E-state index in [0.29, 0.717) is 32.7 Å². The van der Waals surface area contributed by atoms with Crippen molar-refractivity contribution in [1.29, 1.82) is 0 Å². The Labute approximate surface area is 162 Å². The highest BCUT2D eigenvalue weighted by atomic mass is 16.6. The van der Waals surface area contributed by atoms with Gasteiger partial charge >= 0.3 is 11.8 Å². The Morgan fingerprint density at radius 1 is 1.32 bits per heavy atom. The first kappa shape index (κ1) is 21.3. The van der Waals surface area contributed by atoms with Crippen LogP contribution >= 0.6 is 0 Å². The van der Waals surface area contributed by atoms with Crippen molar-refractivity contribution in [2.24, 2.45) is 5.11 Å². The summed E-state index contributed by atoms with van der Waals surface area (Å²) in [6, 6.07) is 4.36. The number of para-hydroxylation sites is 1. The van der Waals surface area contributed by atoms with Crippen LogP contribution in [0.25, 0.3) is 10.4 Å². The van der Waals surface area contributed by atoms with E-state index >= 15 is 0 Å². The lowest BCUT2D eigenvalue weighted by Gasteiger charge is -2.35. The van der Waals surface area contributed by atoms with Gasteiger partial charge < -0.3 is 14.4 Å². The highest BCUT2D eigenvalue weighted by Crippen LogP contribution is 2.36. The molecule has 0 bridgehead atoms. The molecule has 0 radical (unpaired) electrons. The van der Waals surface area contributed by atoms with Crippen molar-refractivity contribution < 1.29 is 19.2 Å². The second kappa shape index (κ2) is 9.25. The molecule has 0 unspecified atom stereocenters. The number of azide groups is 1. The molecule has 1 aromatic carbocycles. The smallest absolute Gasteiger partial charge is 0.410 e. The summed E-state index contributed by atoms with van der Waals surface area (Å²) >= 11 is 0. The highest BCUT2D eigenvalue weighted by molar-refractivity contribution is 5.68. The number of ether oxygens (including phenoxy) is 2. The summed E-state index contributed by atoms with van der Waals surface area (Å²) in [4.78, 5) is 29.1. The lowest BCUT2D eigenvalue weighted by molar-refractivity contribution is -0.385. The van der Waals surface area contributed by atoms with E-state index in [1.54, 1.807) is 4.90 Å². The van der Waals surface area contributed by atoms with Crippen molar-refractivity contribution in [2.75, 3.05) is 39.3 Å². The van der Waals surface area contributed by atoms with Crippen molar-refractivity contribution in [1.82, 2.24) is 9.80 Å². The van der Waals surface area contributed by atoms with Crippen LogP contribution in [0, 0.1) is 10.1 Å². The van der Waals surface area contributed by atoms with Crippen molar-refractivity contribution in [2.45, 2.75) is 26.4 Å². The minimum absolute atomic E-state index is 0.0577. The van der Waals surface area contributed by atoms with E-state index < -0.39 is 10.5 Å². The molecule has 0 N–H and O–H groups in total. The number of piperazine rings is 1. The molecule has 0 spiro atoms. The molecule has 0 saturated carbocycles. The number of rotatable bonds is 6. The number of carbonyl (C=O) groups excluding carboxylic acids is 1. The van der Waals surface area contributed by atoms with Gasteiger partial charge in [0, 0.05) is 37.6 Å². The summed E-state index contributed by atoms with van der Waals surface area (Å²) in [6.07, 6.45) is -0.325. The monoisotopic (exact) mass is 392 g/mol. The van der Waals surface area contributed by atoms with Crippen LogP contribution in [0.3, 0.4) is 0 Å². The molecule has 0 aromatic heterocycles. The fourth-order valence-electron chi connectivity index (χ4n) is 2.70. The number of nitrogens with zero attached hydrogens (tertiary/aromatic N) is 6. The van der Waals surface area contributed by atoms with Gasteiger partial charge in [0.2, 0.25) is 0 Å². The van der Waals surface area contributed by atoms with Gasteiger partial charge in [-0.2, -0.15) is 0 Å². The number of nitro groups is 1. The van der Waals surface area contributed by atoms with E-state index in [-0.39, 0.29) is 29.8 Å². The van der Waals surface area contributed by atoms with Gasteiger partial charge in [0.15, 0.2) is 5.75 Å². The zero-order chi connectivity index (χ0) is 20.7. The van der Waals surface area contributed by atoms with Crippen LogP contribution in [-0.2, 0) is 4.74 Å². The van der Waals surface area contributed by atoms with Crippen molar-refractivity contribution in [3.05, 3.63) is 38.8 Å². The third-order valence-corrected chi connectivity index (χ3v) is 4.00. The topological polar surface area (TPSA) is 134 Å². The molecule has 28 heavy (non-hydrogen) atoms. The van der Waals surface area contributed by atoms with E-state index in [1.807, 2.05) is 20.8 Å². The maximum atomic E-state index is 12.1. The predicted molar refractivity (Wildman–Crippen MR) is 102 cm³/mol. The maximum absolute atomic E-state index is 12.1. The molecule has 1 aliphatic heterocycles. The molecular formula is C17H24N6O5. The average molecular weight is 392 g/mol. The lowest BCUT2D eigenvalue weighted by atomic mass is 10.2. The van der Waals surface area contributed by atoms with E-state index in [0.717, 1.165) is 0 Å². The van der Waals surface area contributed by atoms with Crippen molar-refractivity contribution in [3.8, 4) is 5.75 Å². The van der Waals surface area contributed by atoms with Crippen LogP contribution in [0.15, 0.2) is 23.3 Å². The molecule has 152 valence electrons.